The van der Waals surface area contributed by atoms with Gasteiger partial charge >= 0.3 is 6.09 Å². The molecule has 5 nitrogen and oxygen atoms in total. The highest BCUT2D eigenvalue weighted by Crippen LogP contribution is 2.23. The average molecular weight is 259 g/mol. The van der Waals surface area contributed by atoms with E-state index in [1.807, 2.05) is 27.7 Å². The van der Waals surface area contributed by atoms with Crippen molar-refractivity contribution < 1.29 is 19.7 Å². The lowest BCUT2D eigenvalue weighted by molar-refractivity contribution is -0.0783. The van der Waals surface area contributed by atoms with E-state index in [-0.39, 0.29) is 12.5 Å². The van der Waals surface area contributed by atoms with Gasteiger partial charge in [0.15, 0.2) is 0 Å². The molecule has 0 radical (unpaired) electrons. The van der Waals surface area contributed by atoms with Crippen LogP contribution < -0.4 is 0 Å². The summed E-state index contributed by atoms with van der Waals surface area (Å²) in [6.07, 6.45) is -0.352. The van der Waals surface area contributed by atoms with Crippen LogP contribution in [0.2, 0.25) is 0 Å². The van der Waals surface area contributed by atoms with Crippen LogP contribution in [0.25, 0.3) is 0 Å². The van der Waals surface area contributed by atoms with Crippen molar-refractivity contribution in [2.45, 2.75) is 58.3 Å². The van der Waals surface area contributed by atoms with E-state index in [0.717, 1.165) is 12.8 Å². The van der Waals surface area contributed by atoms with Crippen molar-refractivity contribution in [3.63, 3.8) is 0 Å². The van der Waals surface area contributed by atoms with Crippen molar-refractivity contribution in [3.8, 4) is 0 Å². The minimum atomic E-state index is -0.886. The number of hydrogen-bond acceptors (Lipinski definition) is 4. The molecule has 1 fully saturated rings. The summed E-state index contributed by atoms with van der Waals surface area (Å²) in [5, 5.41) is 19.7. The number of likely N-dealkylation sites (tertiary alicyclic amines) is 1. The average Bonchev–Trinajstić information content (AvgIpc) is 2.22. The monoisotopic (exact) mass is 259 g/mol. The van der Waals surface area contributed by atoms with Crippen LogP contribution in [0.3, 0.4) is 0 Å². The molecule has 106 valence electrons. The minimum absolute atomic E-state index is 0.0775. The maximum Gasteiger partial charge on any atom is 0.410 e. The molecule has 0 aromatic rings. The fourth-order valence-electron chi connectivity index (χ4n) is 2.22. The third-order valence-corrected chi connectivity index (χ3v) is 3.05. The van der Waals surface area contributed by atoms with Gasteiger partial charge in [-0.25, -0.2) is 4.79 Å². The Hall–Kier alpha value is -0.810. The summed E-state index contributed by atoms with van der Waals surface area (Å²) in [5.74, 6) is -0.0775. The number of aliphatic hydroxyl groups excluding tert-OH is 2. The lowest BCUT2D eigenvalue weighted by Crippen LogP contribution is -2.55. The first-order chi connectivity index (χ1) is 8.24. The predicted octanol–water partition coefficient (Wildman–Crippen LogP) is 1.38. The highest BCUT2D eigenvalue weighted by Gasteiger charge is 2.37. The van der Waals surface area contributed by atoms with E-state index >= 15 is 0 Å². The Balaban J connectivity index is 2.64. The molecule has 0 spiro atoms. The molecule has 2 N–H and O–H groups in total. The van der Waals surface area contributed by atoms with Gasteiger partial charge in [-0.1, -0.05) is 13.3 Å². The van der Waals surface area contributed by atoms with Crippen LogP contribution in [0.4, 0.5) is 4.79 Å². The fourth-order valence-corrected chi connectivity index (χ4v) is 2.22. The number of piperidine rings is 1. The number of carbonyl (C=O) groups excluding carboxylic acids is 1. The molecule has 0 aliphatic carbocycles. The second-order valence-corrected chi connectivity index (χ2v) is 5.99. The van der Waals surface area contributed by atoms with Crippen molar-refractivity contribution >= 4 is 6.09 Å². The van der Waals surface area contributed by atoms with Crippen LogP contribution in [0, 0.1) is 5.92 Å². The van der Waals surface area contributed by atoms with Crippen molar-refractivity contribution in [2.75, 3.05) is 13.1 Å². The van der Waals surface area contributed by atoms with Gasteiger partial charge in [0, 0.05) is 12.5 Å². The number of rotatable bonds is 2. The normalized spacial score (nSPS) is 29.2. The zero-order chi connectivity index (χ0) is 13.9. The van der Waals surface area contributed by atoms with Crippen LogP contribution in [0.1, 0.15) is 40.5 Å². The van der Waals surface area contributed by atoms with E-state index in [0.29, 0.717) is 6.54 Å². The number of ether oxygens (including phenoxy) is 1. The third kappa shape index (κ3) is 4.14. The molecular weight excluding hydrogens is 234 g/mol. The van der Waals surface area contributed by atoms with E-state index in [4.69, 9.17) is 4.74 Å². The van der Waals surface area contributed by atoms with Crippen LogP contribution in [0.5, 0.6) is 0 Å². The Kier molecular flexibility index (Phi) is 4.99. The van der Waals surface area contributed by atoms with Crippen molar-refractivity contribution in [1.29, 1.82) is 0 Å². The van der Waals surface area contributed by atoms with Crippen molar-refractivity contribution in [2.24, 2.45) is 5.92 Å². The fraction of sp³-hybridized carbons (Fsp3) is 0.923. The molecule has 18 heavy (non-hydrogen) atoms. The molecule has 0 aromatic carbocycles. The van der Waals surface area contributed by atoms with Gasteiger partial charge in [0.2, 0.25) is 0 Å². The molecule has 0 unspecified atom stereocenters. The van der Waals surface area contributed by atoms with Crippen LogP contribution in [-0.2, 0) is 4.74 Å². The molecule has 3 atom stereocenters. The van der Waals surface area contributed by atoms with E-state index in [2.05, 4.69) is 0 Å². The number of aliphatic hydroxyl groups is 2. The summed E-state index contributed by atoms with van der Waals surface area (Å²) in [5.41, 5.74) is -0.543. The van der Waals surface area contributed by atoms with Crippen LogP contribution >= 0.6 is 0 Å². The molecule has 1 saturated heterocycles. The second-order valence-electron chi connectivity index (χ2n) is 5.99. The Morgan fingerprint density at radius 1 is 1.33 bits per heavy atom. The standard InChI is InChI=1S/C13H25NO4/c1-5-6-9-7-14(8-10(15)11(9)16)12(17)18-13(2,3)4/h9-11,15-16H,5-8H2,1-4H3/t9-,10-,11-/m1/s1. The smallest absolute Gasteiger partial charge is 0.410 e. The summed E-state index contributed by atoms with van der Waals surface area (Å²) < 4.78 is 5.28. The zero-order valence-electron chi connectivity index (χ0n) is 11.7. The maximum atomic E-state index is 11.9. The number of amides is 1. The third-order valence-electron chi connectivity index (χ3n) is 3.05. The maximum absolute atomic E-state index is 11.9. The molecular formula is C13H25NO4. The minimum Gasteiger partial charge on any atom is -0.444 e. The summed E-state index contributed by atoms with van der Waals surface area (Å²) in [4.78, 5) is 13.4. The molecule has 0 saturated carbocycles. The number of β-amino-alcohol motifs (C(OH)–C–C–N with tert-alkyl or cyclic N) is 1. The highest BCUT2D eigenvalue weighted by molar-refractivity contribution is 5.68. The largest absolute Gasteiger partial charge is 0.444 e. The van der Waals surface area contributed by atoms with Gasteiger partial charge in [-0.2, -0.15) is 0 Å². The summed E-state index contributed by atoms with van der Waals surface area (Å²) in [6.45, 7) is 8.03. The van der Waals surface area contributed by atoms with Gasteiger partial charge in [-0.3, -0.25) is 0 Å². The second kappa shape index (κ2) is 5.89. The highest BCUT2D eigenvalue weighted by atomic mass is 16.6. The topological polar surface area (TPSA) is 70.0 Å². The number of nitrogens with zero attached hydrogens (tertiary/aromatic N) is 1. The number of carbonyl (C=O) groups is 1. The van der Waals surface area contributed by atoms with E-state index in [1.54, 1.807) is 0 Å². The van der Waals surface area contributed by atoms with Crippen LogP contribution in [0.15, 0.2) is 0 Å². The molecule has 1 aliphatic rings. The Labute approximate surface area is 109 Å². The molecule has 1 aliphatic heterocycles. The summed E-state index contributed by atoms with van der Waals surface area (Å²) in [6, 6.07) is 0. The van der Waals surface area contributed by atoms with Gasteiger partial charge in [0.1, 0.15) is 5.60 Å². The zero-order valence-corrected chi connectivity index (χ0v) is 11.7. The number of hydrogen-bond donors (Lipinski definition) is 2. The van der Waals surface area contributed by atoms with Gasteiger partial charge in [-0.15, -0.1) is 0 Å². The lowest BCUT2D eigenvalue weighted by atomic mass is 9.89. The SMILES string of the molecule is CCC[C@@H]1CN(C(=O)OC(C)(C)C)C[C@@H](O)[C@@H]1O. The Morgan fingerprint density at radius 2 is 1.94 bits per heavy atom. The van der Waals surface area contributed by atoms with E-state index < -0.39 is 23.9 Å². The first-order valence-electron chi connectivity index (χ1n) is 6.58. The van der Waals surface area contributed by atoms with E-state index in [9.17, 15) is 15.0 Å². The Bertz CT molecular complexity index is 287. The molecule has 1 heterocycles. The van der Waals surface area contributed by atoms with Crippen molar-refractivity contribution in [1.82, 2.24) is 4.90 Å². The van der Waals surface area contributed by atoms with Crippen LogP contribution in [-0.4, -0.2) is 52.1 Å². The molecule has 0 bridgehead atoms. The summed E-state index contributed by atoms with van der Waals surface area (Å²) in [7, 11) is 0. The van der Waals surface area contributed by atoms with Gasteiger partial charge < -0.3 is 19.8 Å². The van der Waals surface area contributed by atoms with Gasteiger partial charge in [-0.05, 0) is 27.2 Å². The predicted molar refractivity (Wildman–Crippen MR) is 68.2 cm³/mol. The first-order valence-corrected chi connectivity index (χ1v) is 6.58. The van der Waals surface area contributed by atoms with Gasteiger partial charge in [0.05, 0.1) is 18.8 Å². The molecule has 1 rings (SSSR count). The molecule has 5 heteroatoms. The Morgan fingerprint density at radius 3 is 2.44 bits per heavy atom. The van der Waals surface area contributed by atoms with E-state index in [1.165, 1.54) is 4.90 Å². The molecule has 0 aromatic heterocycles. The molecule has 1 amide bonds. The van der Waals surface area contributed by atoms with Crippen molar-refractivity contribution in [3.05, 3.63) is 0 Å². The summed E-state index contributed by atoms with van der Waals surface area (Å²) >= 11 is 0. The first kappa shape index (κ1) is 15.2. The van der Waals surface area contributed by atoms with Gasteiger partial charge in [0.25, 0.3) is 0 Å². The quantitative estimate of drug-likeness (QED) is 0.786. The lowest BCUT2D eigenvalue weighted by Gasteiger charge is -2.39.